The van der Waals surface area contributed by atoms with E-state index in [1.165, 1.54) is 6.07 Å². The number of hydrogen-bond acceptors (Lipinski definition) is 7. The lowest BCUT2D eigenvalue weighted by Gasteiger charge is -1.90. The zero-order chi connectivity index (χ0) is 11.0. The van der Waals surface area contributed by atoms with Gasteiger partial charge in [-0.1, -0.05) is 9.95 Å². The van der Waals surface area contributed by atoms with Gasteiger partial charge in [0, 0.05) is 0 Å². The van der Waals surface area contributed by atoms with Crippen LogP contribution in [0.4, 0.5) is 5.82 Å². The molecule has 0 saturated heterocycles. The summed E-state index contributed by atoms with van der Waals surface area (Å²) < 4.78 is 4.46. The van der Waals surface area contributed by atoms with Gasteiger partial charge in [0.15, 0.2) is 5.69 Å². The number of nitro groups is 1. The molecule has 2 N–H and O–H groups in total. The first-order valence-electron chi connectivity index (χ1n) is 3.88. The number of aryl methyl sites for hydroxylation is 1. The minimum absolute atomic E-state index is 0.278. The molecule has 2 aromatic heterocycles. The van der Waals surface area contributed by atoms with Crippen molar-refractivity contribution in [1.29, 1.82) is 0 Å². The van der Waals surface area contributed by atoms with Crippen LogP contribution in [-0.2, 0) is 0 Å². The van der Waals surface area contributed by atoms with E-state index in [1.54, 1.807) is 6.92 Å². The molecule has 15 heavy (non-hydrogen) atoms. The molecule has 2 rings (SSSR count). The highest BCUT2D eigenvalue weighted by Gasteiger charge is 2.21. The van der Waals surface area contributed by atoms with Gasteiger partial charge in [0.1, 0.15) is 11.4 Å². The molecule has 0 spiro atoms. The lowest BCUT2D eigenvalue weighted by Crippen LogP contribution is -2.12. The summed E-state index contributed by atoms with van der Waals surface area (Å²) >= 11 is 0. The number of hydrogen-bond donors (Lipinski definition) is 1. The van der Waals surface area contributed by atoms with Crippen molar-refractivity contribution in [1.82, 2.24) is 20.2 Å². The number of nitrogen functional groups attached to an aromatic ring is 1. The second-order valence-electron chi connectivity index (χ2n) is 2.79. The second-order valence-corrected chi connectivity index (χ2v) is 2.79. The first-order valence-corrected chi connectivity index (χ1v) is 3.88. The molecule has 0 radical (unpaired) electrons. The summed E-state index contributed by atoms with van der Waals surface area (Å²) in [4.78, 5) is 10.7. The maximum Gasteiger partial charge on any atom is 0.392 e. The Balaban J connectivity index is 2.54. The Morgan fingerprint density at radius 3 is 2.80 bits per heavy atom. The van der Waals surface area contributed by atoms with E-state index in [2.05, 4.69) is 20.0 Å². The Hall–Kier alpha value is -2.45. The highest BCUT2D eigenvalue weighted by atomic mass is 16.6. The van der Waals surface area contributed by atoms with Gasteiger partial charge in [0.05, 0.1) is 11.2 Å². The maximum absolute atomic E-state index is 10.4. The van der Waals surface area contributed by atoms with Crippen molar-refractivity contribution in [3.05, 3.63) is 21.9 Å². The molecule has 0 saturated carbocycles. The molecule has 0 fully saturated rings. The zero-order valence-electron chi connectivity index (χ0n) is 7.62. The van der Waals surface area contributed by atoms with Gasteiger partial charge in [-0.3, -0.25) is 0 Å². The molecule has 0 aliphatic heterocycles. The smallest absolute Gasteiger partial charge is 0.358 e. The van der Waals surface area contributed by atoms with Gasteiger partial charge in [0.2, 0.25) is 0 Å². The minimum atomic E-state index is -0.643. The van der Waals surface area contributed by atoms with E-state index in [0.29, 0.717) is 11.4 Å². The fourth-order valence-electron chi connectivity index (χ4n) is 1.11. The van der Waals surface area contributed by atoms with E-state index in [9.17, 15) is 10.1 Å². The number of rotatable bonds is 2. The van der Waals surface area contributed by atoms with E-state index in [1.807, 2.05) is 0 Å². The van der Waals surface area contributed by atoms with Crippen molar-refractivity contribution in [3.63, 3.8) is 0 Å². The highest BCUT2D eigenvalue weighted by Crippen LogP contribution is 2.22. The van der Waals surface area contributed by atoms with E-state index in [0.717, 1.165) is 4.79 Å². The third-order valence-corrected chi connectivity index (χ3v) is 1.81. The van der Waals surface area contributed by atoms with Gasteiger partial charge in [-0.05, 0) is 17.0 Å². The summed E-state index contributed by atoms with van der Waals surface area (Å²) in [5.41, 5.74) is 1.09. The summed E-state index contributed by atoms with van der Waals surface area (Å²) in [5, 5.41) is 21.0. The fraction of sp³-hybridized carbons (Fsp3) is 0.167. The lowest BCUT2D eigenvalue weighted by molar-refractivity contribution is -0.389. The molecular formula is C6H6N6O3. The van der Waals surface area contributed by atoms with Crippen LogP contribution in [0, 0.1) is 17.0 Å². The number of aromatic nitrogens is 4. The Labute approximate surface area is 82.6 Å². The van der Waals surface area contributed by atoms with Crippen molar-refractivity contribution in [2.45, 2.75) is 6.92 Å². The Kier molecular flexibility index (Phi) is 1.85. The van der Waals surface area contributed by atoms with Crippen LogP contribution in [0.5, 0.6) is 0 Å². The maximum atomic E-state index is 10.4. The third-order valence-electron chi connectivity index (χ3n) is 1.81. The monoisotopic (exact) mass is 210 g/mol. The topological polar surface area (TPSA) is 126 Å². The summed E-state index contributed by atoms with van der Waals surface area (Å²) in [5.74, 6) is 5.08. The lowest BCUT2D eigenvalue weighted by atomic mass is 10.2. The van der Waals surface area contributed by atoms with Crippen LogP contribution in [0.15, 0.2) is 10.7 Å². The molecule has 0 aliphatic carbocycles. The molecule has 0 bridgehead atoms. The minimum Gasteiger partial charge on any atom is -0.358 e. The van der Waals surface area contributed by atoms with E-state index < -0.39 is 4.92 Å². The quantitative estimate of drug-likeness (QED) is 0.415. The average molecular weight is 210 g/mol. The van der Waals surface area contributed by atoms with Crippen LogP contribution in [0.25, 0.3) is 11.4 Å². The second kappa shape index (κ2) is 3.04. The molecule has 0 amide bonds. The predicted octanol–water partition coefficient (Wildman–Crippen LogP) is -0.136. The molecule has 0 atom stereocenters. The van der Waals surface area contributed by atoms with Gasteiger partial charge in [-0.15, -0.1) is 0 Å². The fourth-order valence-corrected chi connectivity index (χ4v) is 1.11. The van der Waals surface area contributed by atoms with Crippen molar-refractivity contribution in [2.75, 3.05) is 5.84 Å². The summed E-state index contributed by atoms with van der Waals surface area (Å²) in [6.45, 7) is 1.64. The number of nitrogens with two attached hydrogens (primary N) is 1. The van der Waals surface area contributed by atoms with Gasteiger partial charge in [-0.2, -0.15) is 0 Å². The van der Waals surface area contributed by atoms with Crippen LogP contribution in [0.3, 0.4) is 0 Å². The molecule has 2 aromatic rings. The van der Waals surface area contributed by atoms with Gasteiger partial charge < -0.3 is 16.0 Å². The summed E-state index contributed by atoms with van der Waals surface area (Å²) in [6, 6.07) is 1.20. The van der Waals surface area contributed by atoms with Crippen LogP contribution in [-0.4, -0.2) is 25.1 Å². The van der Waals surface area contributed by atoms with Crippen LogP contribution in [0.2, 0.25) is 0 Å². The Morgan fingerprint density at radius 2 is 2.33 bits per heavy atom. The van der Waals surface area contributed by atoms with Crippen molar-refractivity contribution in [2.24, 2.45) is 0 Å². The van der Waals surface area contributed by atoms with Crippen LogP contribution in [0.1, 0.15) is 5.69 Å². The zero-order valence-corrected chi connectivity index (χ0v) is 7.62. The third kappa shape index (κ3) is 1.39. The average Bonchev–Trinajstić information content (AvgIpc) is 2.71. The normalized spacial score (nSPS) is 10.5. The first kappa shape index (κ1) is 9.12. The highest BCUT2D eigenvalue weighted by molar-refractivity contribution is 5.58. The van der Waals surface area contributed by atoms with Crippen molar-refractivity contribution < 1.29 is 9.55 Å². The molecule has 0 aliphatic rings. The van der Waals surface area contributed by atoms with Gasteiger partial charge in [0.25, 0.3) is 0 Å². The molecule has 9 heteroatoms. The summed E-state index contributed by atoms with van der Waals surface area (Å²) in [7, 11) is 0. The molecule has 0 aromatic carbocycles. The molecule has 2 heterocycles. The van der Waals surface area contributed by atoms with E-state index >= 15 is 0 Å². The van der Waals surface area contributed by atoms with Crippen LogP contribution >= 0.6 is 0 Å². The standard InChI is InChI=1S/C6H6N6O3/c1-3-6(10-15-9-3)4-2-5(12(13)14)8-11(4)7/h2H,7H2,1H3. The summed E-state index contributed by atoms with van der Waals surface area (Å²) in [6.07, 6.45) is 0. The molecule has 78 valence electrons. The molecular weight excluding hydrogens is 204 g/mol. The molecule has 0 unspecified atom stereocenters. The SMILES string of the molecule is Cc1nonc1-c1cc([N+](=O)[O-])nn1N. The van der Waals surface area contributed by atoms with E-state index in [4.69, 9.17) is 5.84 Å². The van der Waals surface area contributed by atoms with Crippen molar-refractivity contribution >= 4 is 5.82 Å². The van der Waals surface area contributed by atoms with E-state index in [-0.39, 0.29) is 11.5 Å². The number of nitrogens with zero attached hydrogens (tertiary/aromatic N) is 5. The largest absolute Gasteiger partial charge is 0.392 e. The Morgan fingerprint density at radius 1 is 1.60 bits per heavy atom. The molecule has 9 nitrogen and oxygen atoms in total. The Bertz CT molecular complexity index is 515. The van der Waals surface area contributed by atoms with Gasteiger partial charge >= 0.3 is 5.82 Å². The predicted molar refractivity (Wildman–Crippen MR) is 47.1 cm³/mol. The van der Waals surface area contributed by atoms with Gasteiger partial charge in [-0.25, -0.2) is 4.63 Å². The van der Waals surface area contributed by atoms with Crippen molar-refractivity contribution in [3.8, 4) is 11.4 Å². The first-order chi connectivity index (χ1) is 7.09. The van der Waals surface area contributed by atoms with Crippen LogP contribution < -0.4 is 5.84 Å².